The minimum absolute atomic E-state index is 0.207. The summed E-state index contributed by atoms with van der Waals surface area (Å²) in [7, 11) is 0. The third kappa shape index (κ3) is 4.60. The molecule has 0 radical (unpaired) electrons. The van der Waals surface area contributed by atoms with Crippen molar-refractivity contribution in [2.45, 2.75) is 45.2 Å². The van der Waals surface area contributed by atoms with Crippen molar-refractivity contribution in [3.8, 4) is 0 Å². The van der Waals surface area contributed by atoms with E-state index < -0.39 is 0 Å². The number of unbranched alkanes of at least 4 members (excludes halogenated alkanes) is 1. The van der Waals surface area contributed by atoms with Gasteiger partial charge < -0.3 is 4.74 Å². The number of nitrogens with zero attached hydrogens (tertiary/aromatic N) is 1. The van der Waals surface area contributed by atoms with Crippen LogP contribution in [-0.4, -0.2) is 30.1 Å². The van der Waals surface area contributed by atoms with E-state index in [4.69, 9.17) is 4.74 Å². The maximum absolute atomic E-state index is 13.7. The molecule has 1 fully saturated rings. The molecule has 1 aliphatic rings. The van der Waals surface area contributed by atoms with Gasteiger partial charge in [-0.25, -0.2) is 4.39 Å². The molecule has 1 aromatic carbocycles. The van der Waals surface area contributed by atoms with Crippen LogP contribution in [-0.2, 0) is 16.1 Å². The van der Waals surface area contributed by atoms with E-state index in [2.05, 4.69) is 6.92 Å². The second-order valence-corrected chi connectivity index (χ2v) is 5.30. The zero-order chi connectivity index (χ0) is 14.4. The third-order valence-corrected chi connectivity index (χ3v) is 3.49. The van der Waals surface area contributed by atoms with Crippen LogP contribution >= 0.6 is 0 Å². The molecule has 0 bridgehead atoms. The number of carbonyl (C=O) groups is 1. The molecule has 20 heavy (non-hydrogen) atoms. The number of hydrogen-bond acceptors (Lipinski definition) is 3. The van der Waals surface area contributed by atoms with Crippen molar-refractivity contribution >= 4 is 5.97 Å². The smallest absolute Gasteiger partial charge is 0.320 e. The monoisotopic (exact) mass is 279 g/mol. The Kier molecular flexibility index (Phi) is 5.53. The first-order valence-corrected chi connectivity index (χ1v) is 7.33. The van der Waals surface area contributed by atoms with Crippen LogP contribution < -0.4 is 0 Å². The van der Waals surface area contributed by atoms with Crippen LogP contribution in [0.15, 0.2) is 24.3 Å². The molecular formula is C16H22FNO2. The molecule has 0 N–H and O–H groups in total. The quantitative estimate of drug-likeness (QED) is 0.541. The Balaban J connectivity index is 1.88. The largest absolute Gasteiger partial charge is 0.465 e. The van der Waals surface area contributed by atoms with Crippen LogP contribution in [0, 0.1) is 5.82 Å². The van der Waals surface area contributed by atoms with Crippen LogP contribution in [0.3, 0.4) is 0 Å². The van der Waals surface area contributed by atoms with Gasteiger partial charge in [0.2, 0.25) is 0 Å². The number of benzene rings is 1. The Morgan fingerprint density at radius 3 is 2.80 bits per heavy atom. The highest BCUT2D eigenvalue weighted by molar-refractivity contribution is 5.71. The SMILES string of the molecule is CCCCOC(=O)CN(Cc1ccccc1F)C1CC1. The summed E-state index contributed by atoms with van der Waals surface area (Å²) in [6, 6.07) is 7.13. The van der Waals surface area contributed by atoms with Crippen molar-refractivity contribution in [3.05, 3.63) is 35.6 Å². The van der Waals surface area contributed by atoms with Gasteiger partial charge in [-0.1, -0.05) is 31.5 Å². The highest BCUT2D eigenvalue weighted by Gasteiger charge is 2.31. The fourth-order valence-corrected chi connectivity index (χ4v) is 2.14. The lowest BCUT2D eigenvalue weighted by atomic mass is 10.2. The van der Waals surface area contributed by atoms with Crippen molar-refractivity contribution in [2.75, 3.05) is 13.2 Å². The summed E-state index contributed by atoms with van der Waals surface area (Å²) < 4.78 is 18.9. The maximum atomic E-state index is 13.7. The average molecular weight is 279 g/mol. The van der Waals surface area contributed by atoms with Gasteiger partial charge >= 0.3 is 5.97 Å². The molecule has 0 heterocycles. The van der Waals surface area contributed by atoms with Crippen molar-refractivity contribution < 1.29 is 13.9 Å². The second kappa shape index (κ2) is 7.39. The molecule has 1 saturated carbocycles. The molecule has 0 spiro atoms. The van der Waals surface area contributed by atoms with Crippen LogP contribution in [0.25, 0.3) is 0 Å². The van der Waals surface area contributed by atoms with Crippen molar-refractivity contribution in [1.29, 1.82) is 0 Å². The number of halogens is 1. The Hall–Kier alpha value is -1.42. The van der Waals surface area contributed by atoms with Crippen LogP contribution in [0.1, 0.15) is 38.2 Å². The van der Waals surface area contributed by atoms with E-state index in [1.54, 1.807) is 12.1 Å². The van der Waals surface area contributed by atoms with E-state index in [1.165, 1.54) is 6.07 Å². The minimum atomic E-state index is -0.211. The maximum Gasteiger partial charge on any atom is 0.320 e. The lowest BCUT2D eigenvalue weighted by molar-refractivity contribution is -0.145. The fourth-order valence-electron chi connectivity index (χ4n) is 2.14. The first kappa shape index (κ1) is 15.0. The third-order valence-electron chi connectivity index (χ3n) is 3.49. The zero-order valence-corrected chi connectivity index (χ0v) is 12.0. The summed E-state index contributed by atoms with van der Waals surface area (Å²) in [4.78, 5) is 13.8. The first-order valence-electron chi connectivity index (χ1n) is 7.33. The van der Waals surface area contributed by atoms with E-state index in [-0.39, 0.29) is 18.3 Å². The highest BCUT2D eigenvalue weighted by Crippen LogP contribution is 2.28. The van der Waals surface area contributed by atoms with E-state index >= 15 is 0 Å². The molecule has 0 atom stereocenters. The molecule has 2 rings (SSSR count). The van der Waals surface area contributed by atoms with Crippen molar-refractivity contribution in [3.63, 3.8) is 0 Å². The van der Waals surface area contributed by atoms with Gasteiger partial charge in [-0.15, -0.1) is 0 Å². The molecule has 0 unspecified atom stereocenters. The van der Waals surface area contributed by atoms with E-state index in [0.29, 0.717) is 24.8 Å². The van der Waals surface area contributed by atoms with Gasteiger partial charge in [-0.3, -0.25) is 9.69 Å². The van der Waals surface area contributed by atoms with Gasteiger partial charge in [0.15, 0.2) is 0 Å². The molecule has 0 amide bonds. The van der Waals surface area contributed by atoms with Crippen molar-refractivity contribution in [1.82, 2.24) is 4.90 Å². The first-order chi connectivity index (χ1) is 9.70. The van der Waals surface area contributed by atoms with Gasteiger partial charge in [0.1, 0.15) is 5.82 Å². The minimum Gasteiger partial charge on any atom is -0.465 e. The van der Waals surface area contributed by atoms with Crippen LogP contribution in [0.4, 0.5) is 4.39 Å². The number of carbonyl (C=O) groups excluding carboxylic acids is 1. The highest BCUT2D eigenvalue weighted by atomic mass is 19.1. The lowest BCUT2D eigenvalue weighted by Gasteiger charge is -2.21. The number of hydrogen-bond donors (Lipinski definition) is 0. The van der Waals surface area contributed by atoms with Gasteiger partial charge in [0, 0.05) is 18.2 Å². The topological polar surface area (TPSA) is 29.5 Å². The molecule has 0 aliphatic heterocycles. The number of rotatable bonds is 8. The predicted molar refractivity (Wildman–Crippen MR) is 75.7 cm³/mol. The predicted octanol–water partition coefficient (Wildman–Crippen LogP) is 3.13. The van der Waals surface area contributed by atoms with Crippen LogP contribution in [0.5, 0.6) is 0 Å². The van der Waals surface area contributed by atoms with E-state index in [1.807, 2.05) is 11.0 Å². The van der Waals surface area contributed by atoms with E-state index in [0.717, 1.165) is 25.7 Å². The Bertz CT molecular complexity index is 446. The number of ether oxygens (including phenoxy) is 1. The summed E-state index contributed by atoms with van der Waals surface area (Å²) in [5.74, 6) is -0.417. The molecule has 0 aromatic heterocycles. The lowest BCUT2D eigenvalue weighted by Crippen LogP contribution is -2.33. The molecule has 1 aliphatic carbocycles. The Morgan fingerprint density at radius 1 is 1.40 bits per heavy atom. The number of esters is 1. The van der Waals surface area contributed by atoms with Crippen molar-refractivity contribution in [2.24, 2.45) is 0 Å². The zero-order valence-electron chi connectivity index (χ0n) is 12.0. The second-order valence-electron chi connectivity index (χ2n) is 5.30. The molecular weight excluding hydrogens is 257 g/mol. The molecule has 0 saturated heterocycles. The molecule has 4 heteroatoms. The molecule has 1 aromatic rings. The fraction of sp³-hybridized carbons (Fsp3) is 0.562. The summed E-state index contributed by atoms with van der Waals surface area (Å²) in [5, 5.41) is 0. The van der Waals surface area contributed by atoms with Gasteiger partial charge in [0.25, 0.3) is 0 Å². The average Bonchev–Trinajstić information content (AvgIpc) is 3.25. The van der Waals surface area contributed by atoms with E-state index in [9.17, 15) is 9.18 Å². The summed E-state index contributed by atoms with van der Waals surface area (Å²) in [5.41, 5.74) is 0.640. The normalized spacial score (nSPS) is 14.6. The molecule has 110 valence electrons. The Labute approximate surface area is 119 Å². The van der Waals surface area contributed by atoms with Gasteiger partial charge in [0.05, 0.1) is 13.2 Å². The van der Waals surface area contributed by atoms with Crippen LogP contribution in [0.2, 0.25) is 0 Å². The Morgan fingerprint density at radius 2 is 2.15 bits per heavy atom. The van der Waals surface area contributed by atoms with Gasteiger partial charge in [-0.2, -0.15) is 0 Å². The summed E-state index contributed by atoms with van der Waals surface area (Å²) >= 11 is 0. The standard InChI is InChI=1S/C16H22FNO2/c1-2-3-10-20-16(19)12-18(14-8-9-14)11-13-6-4-5-7-15(13)17/h4-7,14H,2-3,8-12H2,1H3. The summed E-state index contributed by atoms with van der Waals surface area (Å²) in [6.45, 7) is 3.26. The molecule has 3 nitrogen and oxygen atoms in total. The summed E-state index contributed by atoms with van der Waals surface area (Å²) in [6.07, 6.45) is 4.06. The van der Waals surface area contributed by atoms with Gasteiger partial charge in [-0.05, 0) is 25.3 Å².